The van der Waals surface area contributed by atoms with Gasteiger partial charge in [0.25, 0.3) is 0 Å². The van der Waals surface area contributed by atoms with E-state index in [4.69, 9.17) is 4.98 Å². The van der Waals surface area contributed by atoms with Crippen LogP contribution in [0.15, 0.2) is 84.9 Å². The lowest BCUT2D eigenvalue weighted by Crippen LogP contribution is -2.38. The lowest BCUT2D eigenvalue weighted by atomic mass is 9.95. The van der Waals surface area contributed by atoms with Crippen molar-refractivity contribution >= 4 is 28.4 Å². The molecule has 3 heterocycles. The van der Waals surface area contributed by atoms with Crippen LogP contribution in [0.25, 0.3) is 16.6 Å². The van der Waals surface area contributed by atoms with Crippen molar-refractivity contribution in [2.45, 2.75) is 32.1 Å². The van der Waals surface area contributed by atoms with Gasteiger partial charge in [0.05, 0.1) is 11.4 Å². The molecule has 192 valence electrons. The molecule has 5 aromatic rings. The molecular formula is C31H32N6O. The van der Waals surface area contributed by atoms with Crippen molar-refractivity contribution in [2.24, 2.45) is 0 Å². The van der Waals surface area contributed by atoms with Gasteiger partial charge in [-0.25, -0.2) is 9.38 Å². The van der Waals surface area contributed by atoms with Crippen LogP contribution in [-0.4, -0.2) is 56.6 Å². The van der Waals surface area contributed by atoms with Crippen LogP contribution >= 0.6 is 0 Å². The van der Waals surface area contributed by atoms with Gasteiger partial charge in [-0.05, 0) is 36.1 Å². The summed E-state index contributed by atoms with van der Waals surface area (Å²) in [4.78, 5) is 23.1. The monoisotopic (exact) mass is 504 g/mol. The molecule has 3 aromatic carbocycles. The molecule has 1 amide bonds. The van der Waals surface area contributed by atoms with Gasteiger partial charge in [-0.1, -0.05) is 79.7 Å². The summed E-state index contributed by atoms with van der Waals surface area (Å²) < 4.78 is 2.12. The van der Waals surface area contributed by atoms with Gasteiger partial charge >= 0.3 is 0 Å². The third-order valence-corrected chi connectivity index (χ3v) is 7.50. The first kappa shape index (κ1) is 24.1. The van der Waals surface area contributed by atoms with Gasteiger partial charge in [-0.2, -0.15) is 0 Å². The molecule has 6 rings (SSSR count). The lowest BCUT2D eigenvalue weighted by molar-refractivity contribution is -0.132. The molecule has 1 fully saturated rings. The van der Waals surface area contributed by atoms with Crippen LogP contribution < -0.4 is 4.90 Å². The Balaban J connectivity index is 1.33. The molecule has 1 atom stereocenters. The fourth-order valence-electron chi connectivity index (χ4n) is 5.52. The first-order chi connectivity index (χ1) is 18.7. The van der Waals surface area contributed by atoms with E-state index in [9.17, 15) is 4.79 Å². The van der Waals surface area contributed by atoms with E-state index in [1.165, 1.54) is 5.56 Å². The van der Waals surface area contributed by atoms with E-state index in [1.54, 1.807) is 0 Å². The van der Waals surface area contributed by atoms with E-state index in [0.29, 0.717) is 19.5 Å². The highest BCUT2D eigenvalue weighted by molar-refractivity contribution is 5.92. The van der Waals surface area contributed by atoms with Crippen LogP contribution in [0.4, 0.5) is 5.95 Å². The van der Waals surface area contributed by atoms with Crippen LogP contribution in [0.1, 0.15) is 42.6 Å². The Morgan fingerprint density at radius 1 is 0.842 bits per heavy atom. The highest BCUT2D eigenvalue weighted by atomic mass is 16.2. The van der Waals surface area contributed by atoms with Crippen molar-refractivity contribution in [3.8, 4) is 0 Å². The van der Waals surface area contributed by atoms with Gasteiger partial charge in [-0.15, -0.1) is 10.2 Å². The van der Waals surface area contributed by atoms with Crippen molar-refractivity contribution in [2.75, 3.05) is 31.1 Å². The Morgan fingerprint density at radius 3 is 2.37 bits per heavy atom. The predicted molar refractivity (Wildman–Crippen MR) is 150 cm³/mol. The van der Waals surface area contributed by atoms with Crippen LogP contribution in [0, 0.1) is 0 Å². The number of para-hydroxylation sites is 1. The molecule has 7 heteroatoms. The Hall–Kier alpha value is -4.26. The number of amides is 1. The number of hydrogen-bond donors (Lipinski definition) is 0. The van der Waals surface area contributed by atoms with Gasteiger partial charge in [0.1, 0.15) is 5.82 Å². The molecule has 1 aliphatic rings. The van der Waals surface area contributed by atoms with Crippen LogP contribution in [0.5, 0.6) is 0 Å². The molecule has 1 saturated heterocycles. The predicted octanol–water partition coefficient (Wildman–Crippen LogP) is 5.10. The van der Waals surface area contributed by atoms with E-state index >= 15 is 0 Å². The standard InChI is InChI=1S/C31H32N6O/c1-2-25(24-14-7-4-8-15-24)30(38)35-18-11-19-36(21-20-35)31-32-27-17-10-9-16-26(27)29-34-33-28(37(29)31)22-23-12-5-3-6-13-23/h3-10,12-17,25H,2,11,18-22H2,1H3/t25-/m0/s1. The topological polar surface area (TPSA) is 66.6 Å². The molecule has 0 unspecified atom stereocenters. The van der Waals surface area contributed by atoms with Crippen molar-refractivity contribution < 1.29 is 4.79 Å². The number of aromatic nitrogens is 4. The SMILES string of the molecule is CC[C@H](C(=O)N1CCCN(c2nc3ccccc3c3nnc(Cc4ccccc4)n23)CC1)c1ccccc1. The summed E-state index contributed by atoms with van der Waals surface area (Å²) in [6.07, 6.45) is 2.34. The Bertz CT molecular complexity index is 1550. The molecule has 0 bridgehead atoms. The highest BCUT2D eigenvalue weighted by Gasteiger charge is 2.28. The molecule has 0 aliphatic carbocycles. The van der Waals surface area contributed by atoms with E-state index in [1.807, 2.05) is 59.5 Å². The first-order valence-electron chi connectivity index (χ1n) is 13.5. The average molecular weight is 505 g/mol. The number of hydrogen-bond acceptors (Lipinski definition) is 5. The van der Waals surface area contributed by atoms with Crippen molar-refractivity contribution in [3.05, 3.63) is 102 Å². The maximum atomic E-state index is 13.6. The molecule has 0 N–H and O–H groups in total. The van der Waals surface area contributed by atoms with Gasteiger partial charge in [0.2, 0.25) is 11.9 Å². The minimum atomic E-state index is -0.108. The highest BCUT2D eigenvalue weighted by Crippen LogP contribution is 2.27. The van der Waals surface area contributed by atoms with Crippen molar-refractivity contribution in [3.63, 3.8) is 0 Å². The number of fused-ring (bicyclic) bond motifs is 3. The molecule has 0 spiro atoms. The smallest absolute Gasteiger partial charge is 0.230 e. The minimum Gasteiger partial charge on any atom is -0.340 e. The molecule has 7 nitrogen and oxygen atoms in total. The minimum absolute atomic E-state index is 0.108. The summed E-state index contributed by atoms with van der Waals surface area (Å²) in [6, 6.07) is 28.6. The van der Waals surface area contributed by atoms with E-state index in [2.05, 4.69) is 56.8 Å². The van der Waals surface area contributed by atoms with E-state index in [0.717, 1.165) is 59.8 Å². The van der Waals surface area contributed by atoms with E-state index in [-0.39, 0.29) is 11.8 Å². The number of rotatable bonds is 6. The maximum absolute atomic E-state index is 13.6. The first-order valence-corrected chi connectivity index (χ1v) is 13.5. The van der Waals surface area contributed by atoms with Gasteiger partial charge in [0, 0.05) is 38.0 Å². The normalized spacial score (nSPS) is 15.1. The van der Waals surface area contributed by atoms with Gasteiger partial charge in [0.15, 0.2) is 5.65 Å². The molecule has 2 aromatic heterocycles. The number of carbonyl (C=O) groups excluding carboxylic acids is 1. The molecule has 0 saturated carbocycles. The second-order valence-corrected chi connectivity index (χ2v) is 9.90. The summed E-state index contributed by atoms with van der Waals surface area (Å²) in [6.45, 7) is 5.02. The third kappa shape index (κ3) is 4.60. The summed E-state index contributed by atoms with van der Waals surface area (Å²) in [7, 11) is 0. The summed E-state index contributed by atoms with van der Waals surface area (Å²) in [5, 5.41) is 10.2. The third-order valence-electron chi connectivity index (χ3n) is 7.50. The number of carbonyl (C=O) groups is 1. The van der Waals surface area contributed by atoms with Crippen LogP contribution in [-0.2, 0) is 11.2 Å². The Kier molecular flexibility index (Phi) is 6.73. The van der Waals surface area contributed by atoms with Crippen molar-refractivity contribution in [1.82, 2.24) is 24.5 Å². The fourth-order valence-corrected chi connectivity index (χ4v) is 5.52. The second kappa shape index (κ2) is 10.6. The van der Waals surface area contributed by atoms with Gasteiger partial charge < -0.3 is 9.80 Å². The Morgan fingerprint density at radius 2 is 1.58 bits per heavy atom. The number of benzene rings is 3. The zero-order valence-corrected chi connectivity index (χ0v) is 21.7. The molecule has 0 radical (unpaired) electrons. The van der Waals surface area contributed by atoms with Crippen LogP contribution in [0.3, 0.4) is 0 Å². The zero-order chi connectivity index (χ0) is 25.9. The number of anilines is 1. The lowest BCUT2D eigenvalue weighted by Gasteiger charge is -2.27. The summed E-state index contributed by atoms with van der Waals surface area (Å²) in [5.74, 6) is 1.82. The van der Waals surface area contributed by atoms with Crippen molar-refractivity contribution in [1.29, 1.82) is 0 Å². The number of nitrogens with zero attached hydrogens (tertiary/aromatic N) is 6. The largest absolute Gasteiger partial charge is 0.340 e. The fraction of sp³-hybridized carbons (Fsp3) is 0.290. The zero-order valence-electron chi connectivity index (χ0n) is 21.7. The maximum Gasteiger partial charge on any atom is 0.230 e. The van der Waals surface area contributed by atoms with Gasteiger partial charge in [-0.3, -0.25) is 4.79 Å². The average Bonchev–Trinajstić information content (AvgIpc) is 3.22. The second-order valence-electron chi connectivity index (χ2n) is 9.90. The summed E-state index contributed by atoms with van der Waals surface area (Å²) >= 11 is 0. The van der Waals surface area contributed by atoms with Crippen LogP contribution in [0.2, 0.25) is 0 Å². The summed E-state index contributed by atoms with van der Waals surface area (Å²) in [5.41, 5.74) is 4.00. The molecular weight excluding hydrogens is 472 g/mol. The molecule has 38 heavy (non-hydrogen) atoms. The Labute approximate surface area is 222 Å². The van der Waals surface area contributed by atoms with E-state index < -0.39 is 0 Å². The molecule has 1 aliphatic heterocycles. The quantitative estimate of drug-likeness (QED) is 0.322.